The minimum absolute atomic E-state index is 0.0481. The highest BCUT2D eigenvalue weighted by molar-refractivity contribution is 7.08. The molecule has 0 saturated heterocycles. The van der Waals surface area contributed by atoms with Gasteiger partial charge in [-0.05, 0) is 31.0 Å². The van der Waals surface area contributed by atoms with Gasteiger partial charge in [0.25, 0.3) is 5.91 Å². The molecule has 0 aliphatic carbocycles. The standard InChI is InChI=1S/C15H25N3O2S/c1-3-18(4-2)10-9-16-14(19)6-5-8-17-15(20)13-7-11-21-12-13/h7,11-12H,3-6,8-10H2,1-2H3,(H,16,19)(H,17,20). The molecule has 0 aliphatic heterocycles. The molecule has 21 heavy (non-hydrogen) atoms. The third-order valence-corrected chi connectivity index (χ3v) is 3.98. The van der Waals surface area contributed by atoms with E-state index in [4.69, 9.17) is 0 Å². The maximum Gasteiger partial charge on any atom is 0.252 e. The molecule has 1 rings (SSSR count). The summed E-state index contributed by atoms with van der Waals surface area (Å²) in [6.45, 7) is 8.32. The molecule has 0 aliphatic rings. The number of nitrogens with zero attached hydrogens (tertiary/aromatic N) is 1. The average Bonchev–Trinajstić information content (AvgIpc) is 3.02. The van der Waals surface area contributed by atoms with Gasteiger partial charge < -0.3 is 15.5 Å². The first kappa shape index (κ1) is 17.7. The van der Waals surface area contributed by atoms with Gasteiger partial charge in [0.1, 0.15) is 0 Å². The van der Waals surface area contributed by atoms with Crippen molar-refractivity contribution in [2.24, 2.45) is 0 Å². The second-order valence-corrected chi connectivity index (χ2v) is 5.53. The molecular formula is C15H25N3O2S. The van der Waals surface area contributed by atoms with Gasteiger partial charge >= 0.3 is 0 Å². The molecule has 0 unspecified atom stereocenters. The molecule has 2 N–H and O–H groups in total. The van der Waals surface area contributed by atoms with Gasteiger partial charge in [-0.2, -0.15) is 11.3 Å². The fourth-order valence-electron chi connectivity index (χ4n) is 1.93. The summed E-state index contributed by atoms with van der Waals surface area (Å²) < 4.78 is 0. The lowest BCUT2D eigenvalue weighted by Gasteiger charge is -2.17. The summed E-state index contributed by atoms with van der Waals surface area (Å²) in [7, 11) is 0. The number of hydrogen-bond donors (Lipinski definition) is 2. The predicted octanol–water partition coefficient (Wildman–Crippen LogP) is 1.72. The molecule has 0 radical (unpaired) electrons. The van der Waals surface area contributed by atoms with E-state index < -0.39 is 0 Å². The van der Waals surface area contributed by atoms with Crippen LogP contribution in [0.5, 0.6) is 0 Å². The summed E-state index contributed by atoms with van der Waals surface area (Å²) >= 11 is 1.50. The molecule has 0 fully saturated rings. The van der Waals surface area contributed by atoms with Crippen molar-refractivity contribution in [1.82, 2.24) is 15.5 Å². The van der Waals surface area contributed by atoms with Gasteiger partial charge in [-0.15, -0.1) is 0 Å². The predicted molar refractivity (Wildman–Crippen MR) is 86.7 cm³/mol. The number of hydrogen-bond acceptors (Lipinski definition) is 4. The Morgan fingerprint density at radius 3 is 2.57 bits per heavy atom. The van der Waals surface area contributed by atoms with Crippen LogP contribution >= 0.6 is 11.3 Å². The first-order valence-electron chi connectivity index (χ1n) is 7.46. The van der Waals surface area contributed by atoms with Crippen molar-refractivity contribution in [3.8, 4) is 0 Å². The van der Waals surface area contributed by atoms with Crippen molar-refractivity contribution < 1.29 is 9.59 Å². The Morgan fingerprint density at radius 1 is 1.19 bits per heavy atom. The zero-order valence-corrected chi connectivity index (χ0v) is 13.7. The molecule has 0 aromatic carbocycles. The van der Waals surface area contributed by atoms with Crippen molar-refractivity contribution in [3.63, 3.8) is 0 Å². The topological polar surface area (TPSA) is 61.4 Å². The molecule has 0 spiro atoms. The third kappa shape index (κ3) is 7.24. The summed E-state index contributed by atoms with van der Waals surface area (Å²) in [4.78, 5) is 25.6. The summed E-state index contributed by atoms with van der Waals surface area (Å²) in [5.74, 6) is -0.0230. The Morgan fingerprint density at radius 2 is 1.95 bits per heavy atom. The number of likely N-dealkylation sites (N-methyl/N-ethyl adjacent to an activating group) is 1. The van der Waals surface area contributed by atoms with Crippen LogP contribution in [0.1, 0.15) is 37.0 Å². The third-order valence-electron chi connectivity index (χ3n) is 3.29. The van der Waals surface area contributed by atoms with Gasteiger partial charge in [0, 0.05) is 37.0 Å². The molecule has 118 valence electrons. The largest absolute Gasteiger partial charge is 0.355 e. The Hall–Kier alpha value is -1.40. The van der Waals surface area contributed by atoms with Crippen LogP contribution in [-0.2, 0) is 4.79 Å². The minimum Gasteiger partial charge on any atom is -0.355 e. The highest BCUT2D eigenvalue weighted by Gasteiger charge is 2.06. The van der Waals surface area contributed by atoms with Gasteiger partial charge in [0.15, 0.2) is 0 Å². The van der Waals surface area contributed by atoms with Crippen LogP contribution in [0.25, 0.3) is 0 Å². The van der Waals surface area contributed by atoms with E-state index in [1.165, 1.54) is 11.3 Å². The number of thiophene rings is 1. The lowest BCUT2D eigenvalue weighted by molar-refractivity contribution is -0.121. The van der Waals surface area contributed by atoms with E-state index in [9.17, 15) is 9.59 Å². The summed E-state index contributed by atoms with van der Waals surface area (Å²) in [5, 5.41) is 9.41. The van der Waals surface area contributed by atoms with Gasteiger partial charge in [0.2, 0.25) is 5.91 Å². The number of amides is 2. The quantitative estimate of drug-likeness (QED) is 0.647. The molecule has 0 saturated carbocycles. The molecule has 5 nitrogen and oxygen atoms in total. The van der Waals surface area contributed by atoms with Crippen molar-refractivity contribution in [3.05, 3.63) is 22.4 Å². The molecule has 0 atom stereocenters. The van der Waals surface area contributed by atoms with Gasteiger partial charge in [-0.3, -0.25) is 9.59 Å². The molecule has 2 amide bonds. The van der Waals surface area contributed by atoms with Gasteiger partial charge in [0.05, 0.1) is 0 Å². The van der Waals surface area contributed by atoms with E-state index in [-0.39, 0.29) is 11.8 Å². The van der Waals surface area contributed by atoms with E-state index in [2.05, 4.69) is 29.4 Å². The number of carbonyl (C=O) groups excluding carboxylic acids is 2. The van der Waals surface area contributed by atoms with Crippen LogP contribution in [0, 0.1) is 0 Å². The highest BCUT2D eigenvalue weighted by Crippen LogP contribution is 2.05. The zero-order valence-electron chi connectivity index (χ0n) is 12.9. The van der Waals surface area contributed by atoms with E-state index >= 15 is 0 Å². The smallest absolute Gasteiger partial charge is 0.252 e. The zero-order chi connectivity index (χ0) is 15.5. The molecule has 1 aromatic heterocycles. The van der Waals surface area contributed by atoms with E-state index in [1.54, 1.807) is 6.07 Å². The lowest BCUT2D eigenvalue weighted by Crippen LogP contribution is -2.35. The Labute approximate surface area is 130 Å². The molecule has 1 heterocycles. The lowest BCUT2D eigenvalue weighted by atomic mass is 10.2. The molecule has 6 heteroatoms. The minimum atomic E-state index is -0.0711. The van der Waals surface area contributed by atoms with E-state index in [0.29, 0.717) is 31.5 Å². The monoisotopic (exact) mass is 311 g/mol. The van der Waals surface area contributed by atoms with Gasteiger partial charge in [-0.25, -0.2) is 0 Å². The summed E-state index contributed by atoms with van der Waals surface area (Å²) in [6.07, 6.45) is 1.11. The summed E-state index contributed by atoms with van der Waals surface area (Å²) in [5.41, 5.74) is 0.684. The van der Waals surface area contributed by atoms with Crippen LogP contribution in [0.2, 0.25) is 0 Å². The normalized spacial score (nSPS) is 10.6. The maximum absolute atomic E-state index is 11.7. The van der Waals surface area contributed by atoms with Crippen molar-refractivity contribution in [2.45, 2.75) is 26.7 Å². The maximum atomic E-state index is 11.7. The SMILES string of the molecule is CCN(CC)CCNC(=O)CCCNC(=O)c1ccsc1. The molecular weight excluding hydrogens is 286 g/mol. The summed E-state index contributed by atoms with van der Waals surface area (Å²) in [6, 6.07) is 1.79. The number of nitrogens with one attached hydrogen (secondary N) is 2. The van der Waals surface area contributed by atoms with Crippen LogP contribution in [0.4, 0.5) is 0 Å². The Bertz CT molecular complexity index is 417. The second kappa shape index (κ2) is 10.3. The fourth-order valence-corrected chi connectivity index (χ4v) is 2.56. The number of rotatable bonds is 10. The van der Waals surface area contributed by atoms with Crippen LogP contribution in [-0.4, -0.2) is 49.4 Å². The van der Waals surface area contributed by atoms with Crippen LogP contribution in [0.15, 0.2) is 16.8 Å². The first-order chi connectivity index (χ1) is 10.2. The first-order valence-corrected chi connectivity index (χ1v) is 8.41. The van der Waals surface area contributed by atoms with Crippen molar-refractivity contribution in [1.29, 1.82) is 0 Å². The van der Waals surface area contributed by atoms with Crippen LogP contribution < -0.4 is 10.6 Å². The van der Waals surface area contributed by atoms with E-state index in [1.807, 2.05) is 10.8 Å². The molecule has 0 bridgehead atoms. The van der Waals surface area contributed by atoms with Gasteiger partial charge in [-0.1, -0.05) is 13.8 Å². The number of carbonyl (C=O) groups is 2. The van der Waals surface area contributed by atoms with Crippen molar-refractivity contribution in [2.75, 3.05) is 32.7 Å². The Kier molecular flexibility index (Phi) is 8.69. The van der Waals surface area contributed by atoms with Crippen LogP contribution in [0.3, 0.4) is 0 Å². The van der Waals surface area contributed by atoms with Crippen molar-refractivity contribution >= 4 is 23.2 Å². The van der Waals surface area contributed by atoms with E-state index in [0.717, 1.165) is 19.6 Å². The fraction of sp³-hybridized carbons (Fsp3) is 0.600. The molecule has 1 aromatic rings. The second-order valence-electron chi connectivity index (χ2n) is 4.75. The highest BCUT2D eigenvalue weighted by atomic mass is 32.1. The Balaban J connectivity index is 2.04. The average molecular weight is 311 g/mol.